The van der Waals surface area contributed by atoms with Gasteiger partial charge in [0, 0.05) is 11.0 Å². The molecule has 1 fully saturated rings. The highest BCUT2D eigenvalue weighted by molar-refractivity contribution is 9.10. The number of sulfone groups is 1. The van der Waals surface area contributed by atoms with Crippen molar-refractivity contribution in [1.29, 1.82) is 0 Å². The van der Waals surface area contributed by atoms with Gasteiger partial charge in [-0.1, -0.05) is 22.0 Å². The Labute approximate surface area is 115 Å². The summed E-state index contributed by atoms with van der Waals surface area (Å²) >= 11 is 3.30. The van der Waals surface area contributed by atoms with E-state index in [0.717, 1.165) is 16.5 Å². The Morgan fingerprint density at radius 1 is 1.44 bits per heavy atom. The first-order valence-electron chi connectivity index (χ1n) is 5.81. The zero-order chi connectivity index (χ0) is 13.2. The number of hydrogen-bond acceptors (Lipinski definition) is 3. The molecule has 1 aliphatic heterocycles. The molecule has 1 heterocycles. The van der Waals surface area contributed by atoms with E-state index in [1.165, 1.54) is 12.1 Å². The maximum atomic E-state index is 12.9. The van der Waals surface area contributed by atoms with Crippen LogP contribution in [0.25, 0.3) is 0 Å². The van der Waals surface area contributed by atoms with Crippen LogP contribution in [0.3, 0.4) is 0 Å². The first-order valence-corrected chi connectivity index (χ1v) is 8.43. The highest BCUT2D eigenvalue weighted by Gasteiger charge is 2.27. The van der Waals surface area contributed by atoms with E-state index in [1.807, 2.05) is 0 Å². The van der Waals surface area contributed by atoms with E-state index >= 15 is 0 Å². The second-order valence-electron chi connectivity index (χ2n) is 4.64. The predicted molar refractivity (Wildman–Crippen MR) is 72.6 cm³/mol. The van der Waals surface area contributed by atoms with Gasteiger partial charge in [-0.3, -0.25) is 0 Å². The zero-order valence-corrected chi connectivity index (χ0v) is 12.2. The summed E-state index contributed by atoms with van der Waals surface area (Å²) < 4.78 is 36.2. The summed E-state index contributed by atoms with van der Waals surface area (Å²) in [6.45, 7) is 1.29. The highest BCUT2D eigenvalue weighted by Crippen LogP contribution is 2.19. The van der Waals surface area contributed by atoms with Crippen LogP contribution in [0.15, 0.2) is 22.7 Å². The standard InChI is InChI=1S/C12H15BrFNO2S/c13-12-5-11(14)2-1-10(12)7-15-6-9-3-4-18(16,17)8-9/h1-2,5,9,15H,3-4,6-8H2. The van der Waals surface area contributed by atoms with Gasteiger partial charge in [0.05, 0.1) is 11.5 Å². The first-order chi connectivity index (χ1) is 8.46. The molecule has 1 aromatic carbocycles. The summed E-state index contributed by atoms with van der Waals surface area (Å²) in [5.41, 5.74) is 0.970. The Kier molecular flexibility index (Phi) is 4.40. The summed E-state index contributed by atoms with van der Waals surface area (Å²) in [5, 5.41) is 3.22. The van der Waals surface area contributed by atoms with Gasteiger partial charge in [-0.25, -0.2) is 12.8 Å². The molecule has 0 saturated carbocycles. The SMILES string of the molecule is O=S1(=O)CCC(CNCc2ccc(F)cc2Br)C1. The third-order valence-electron chi connectivity index (χ3n) is 3.09. The summed E-state index contributed by atoms with van der Waals surface area (Å²) in [6.07, 6.45) is 0.736. The quantitative estimate of drug-likeness (QED) is 0.916. The minimum atomic E-state index is -2.80. The van der Waals surface area contributed by atoms with Gasteiger partial charge in [0.25, 0.3) is 0 Å². The first kappa shape index (κ1) is 14.0. The minimum absolute atomic E-state index is 0.203. The predicted octanol–water partition coefficient (Wildman–Crippen LogP) is 2.11. The largest absolute Gasteiger partial charge is 0.312 e. The Morgan fingerprint density at radius 3 is 2.83 bits per heavy atom. The number of nitrogens with one attached hydrogen (secondary N) is 1. The molecule has 1 aromatic rings. The molecule has 0 aromatic heterocycles. The van der Waals surface area contributed by atoms with Gasteiger partial charge < -0.3 is 5.32 Å². The Morgan fingerprint density at radius 2 is 2.22 bits per heavy atom. The Bertz CT molecular complexity index is 533. The van der Waals surface area contributed by atoms with E-state index in [9.17, 15) is 12.8 Å². The van der Waals surface area contributed by atoms with Gasteiger partial charge in [-0.15, -0.1) is 0 Å². The maximum absolute atomic E-state index is 12.9. The second-order valence-corrected chi connectivity index (χ2v) is 7.72. The minimum Gasteiger partial charge on any atom is -0.312 e. The smallest absolute Gasteiger partial charge is 0.150 e. The van der Waals surface area contributed by atoms with Gasteiger partial charge in [0.1, 0.15) is 5.82 Å². The lowest BCUT2D eigenvalue weighted by Crippen LogP contribution is -2.23. The monoisotopic (exact) mass is 335 g/mol. The lowest BCUT2D eigenvalue weighted by atomic mass is 10.1. The third-order valence-corrected chi connectivity index (χ3v) is 5.67. The molecule has 1 N–H and O–H groups in total. The summed E-state index contributed by atoms with van der Waals surface area (Å²) in [5.74, 6) is 0.520. The van der Waals surface area contributed by atoms with Crippen LogP contribution in [0.1, 0.15) is 12.0 Å². The molecule has 6 heteroatoms. The van der Waals surface area contributed by atoms with Crippen LogP contribution in [-0.2, 0) is 16.4 Å². The molecule has 18 heavy (non-hydrogen) atoms. The van der Waals surface area contributed by atoms with Crippen molar-refractivity contribution in [1.82, 2.24) is 5.32 Å². The fourth-order valence-electron chi connectivity index (χ4n) is 2.11. The summed E-state index contributed by atoms with van der Waals surface area (Å²) in [6, 6.07) is 4.57. The molecule has 1 aliphatic rings. The van der Waals surface area contributed by atoms with Gasteiger partial charge >= 0.3 is 0 Å². The number of hydrogen-bond donors (Lipinski definition) is 1. The van der Waals surface area contributed by atoms with Crippen molar-refractivity contribution >= 4 is 25.8 Å². The van der Waals surface area contributed by atoms with Crippen LogP contribution in [0.2, 0.25) is 0 Å². The lowest BCUT2D eigenvalue weighted by Gasteiger charge is -2.10. The molecule has 0 amide bonds. The molecule has 3 nitrogen and oxygen atoms in total. The van der Waals surface area contributed by atoms with Gasteiger partial charge in [0.15, 0.2) is 9.84 Å². The van der Waals surface area contributed by atoms with Gasteiger partial charge in [-0.2, -0.15) is 0 Å². The van der Waals surface area contributed by atoms with E-state index in [-0.39, 0.29) is 17.5 Å². The third kappa shape index (κ3) is 3.76. The normalized spacial score (nSPS) is 22.2. The topological polar surface area (TPSA) is 46.2 Å². The molecule has 100 valence electrons. The molecular weight excluding hydrogens is 321 g/mol. The maximum Gasteiger partial charge on any atom is 0.150 e. The highest BCUT2D eigenvalue weighted by atomic mass is 79.9. The molecular formula is C12H15BrFNO2S. The molecule has 0 bridgehead atoms. The van der Waals surface area contributed by atoms with Crippen molar-refractivity contribution in [3.8, 4) is 0 Å². The Balaban J connectivity index is 1.82. The second kappa shape index (κ2) is 5.67. The van der Waals surface area contributed by atoms with Crippen molar-refractivity contribution in [3.63, 3.8) is 0 Å². The number of benzene rings is 1. The zero-order valence-electron chi connectivity index (χ0n) is 9.83. The van der Waals surface area contributed by atoms with Crippen molar-refractivity contribution in [2.75, 3.05) is 18.1 Å². The van der Waals surface area contributed by atoms with Crippen molar-refractivity contribution < 1.29 is 12.8 Å². The van der Waals surface area contributed by atoms with E-state index in [4.69, 9.17) is 0 Å². The average Bonchev–Trinajstić information content (AvgIpc) is 2.61. The van der Waals surface area contributed by atoms with Gasteiger partial charge in [0.2, 0.25) is 0 Å². The summed E-state index contributed by atoms with van der Waals surface area (Å²) in [4.78, 5) is 0. The van der Waals surface area contributed by atoms with Crippen molar-refractivity contribution in [3.05, 3.63) is 34.1 Å². The van der Waals surface area contributed by atoms with Crippen LogP contribution in [0, 0.1) is 11.7 Å². The van der Waals surface area contributed by atoms with Crippen LogP contribution in [-0.4, -0.2) is 26.5 Å². The lowest BCUT2D eigenvalue weighted by molar-refractivity contribution is 0.520. The van der Waals surface area contributed by atoms with E-state index in [0.29, 0.717) is 18.8 Å². The molecule has 0 spiro atoms. The average molecular weight is 336 g/mol. The molecule has 1 atom stereocenters. The number of halogens is 2. The van der Waals surface area contributed by atoms with Crippen LogP contribution in [0.4, 0.5) is 4.39 Å². The molecule has 1 saturated heterocycles. The summed E-state index contributed by atoms with van der Waals surface area (Å²) in [7, 11) is -2.80. The molecule has 1 unspecified atom stereocenters. The molecule has 0 radical (unpaired) electrons. The number of rotatable bonds is 4. The van der Waals surface area contributed by atoms with Crippen LogP contribution < -0.4 is 5.32 Å². The molecule has 0 aliphatic carbocycles. The molecule has 2 rings (SSSR count). The van der Waals surface area contributed by atoms with E-state index < -0.39 is 9.84 Å². The van der Waals surface area contributed by atoms with Crippen molar-refractivity contribution in [2.24, 2.45) is 5.92 Å². The van der Waals surface area contributed by atoms with E-state index in [1.54, 1.807) is 6.07 Å². The van der Waals surface area contributed by atoms with Crippen LogP contribution >= 0.6 is 15.9 Å². The Hall–Kier alpha value is -0.460. The van der Waals surface area contributed by atoms with Gasteiger partial charge in [-0.05, 0) is 36.6 Å². The van der Waals surface area contributed by atoms with E-state index in [2.05, 4.69) is 21.2 Å². The fourth-order valence-corrected chi connectivity index (χ4v) is 4.46. The fraction of sp³-hybridized carbons (Fsp3) is 0.500. The van der Waals surface area contributed by atoms with Crippen LogP contribution in [0.5, 0.6) is 0 Å². The van der Waals surface area contributed by atoms with Crippen molar-refractivity contribution in [2.45, 2.75) is 13.0 Å².